The van der Waals surface area contributed by atoms with E-state index in [-0.39, 0.29) is 31.1 Å². The van der Waals surface area contributed by atoms with Crippen molar-refractivity contribution in [3.63, 3.8) is 0 Å². The molecule has 0 radical (unpaired) electrons. The summed E-state index contributed by atoms with van der Waals surface area (Å²) in [5.41, 5.74) is 11.9. The molecule has 1 aromatic heterocycles. The molecule has 5 atom stereocenters. The minimum absolute atomic E-state index is 0.170. The quantitative estimate of drug-likeness (QED) is 0.192. The lowest BCUT2D eigenvalue weighted by Crippen LogP contribution is -2.58. The van der Waals surface area contributed by atoms with Gasteiger partial charge in [-0.1, -0.05) is 20.3 Å². The lowest BCUT2D eigenvalue weighted by Gasteiger charge is -2.30. The Labute approximate surface area is 203 Å². The van der Waals surface area contributed by atoms with Crippen molar-refractivity contribution in [3.05, 3.63) is 18.2 Å². The highest BCUT2D eigenvalue weighted by molar-refractivity contribution is 5.94. The Balaban J connectivity index is 2.08. The Bertz CT molecular complexity index is 906. The molecule has 0 aromatic carbocycles. The molecule has 0 spiro atoms. The van der Waals surface area contributed by atoms with E-state index in [1.165, 1.54) is 11.2 Å². The fourth-order valence-corrected chi connectivity index (χ4v) is 3.99. The Hall–Kier alpha value is -3.48. The summed E-state index contributed by atoms with van der Waals surface area (Å²) in [6, 6.07) is -4.01. The zero-order valence-corrected chi connectivity index (χ0v) is 20.0. The summed E-state index contributed by atoms with van der Waals surface area (Å²) in [5, 5.41) is 14.5. The van der Waals surface area contributed by atoms with E-state index in [4.69, 9.17) is 11.5 Å². The van der Waals surface area contributed by atoms with Crippen LogP contribution in [0.5, 0.6) is 0 Å². The van der Waals surface area contributed by atoms with Crippen molar-refractivity contribution in [1.29, 1.82) is 0 Å². The van der Waals surface area contributed by atoms with Gasteiger partial charge in [0, 0.05) is 31.3 Å². The summed E-state index contributed by atoms with van der Waals surface area (Å²) in [5.74, 6) is -3.89. The van der Waals surface area contributed by atoms with Crippen LogP contribution >= 0.6 is 0 Å². The molecule has 13 heteroatoms. The molecule has 1 aliphatic rings. The zero-order chi connectivity index (χ0) is 26.1. The number of aliphatic carboxylic acids is 1. The molecule has 0 saturated carbocycles. The number of amides is 4. The van der Waals surface area contributed by atoms with Crippen molar-refractivity contribution in [2.75, 3.05) is 6.54 Å². The first-order chi connectivity index (χ1) is 16.5. The number of rotatable bonds is 13. The van der Waals surface area contributed by atoms with E-state index in [1.54, 1.807) is 13.1 Å². The molecule has 194 valence electrons. The van der Waals surface area contributed by atoms with Gasteiger partial charge in [0.2, 0.25) is 23.6 Å². The van der Waals surface area contributed by atoms with Crippen molar-refractivity contribution >= 4 is 29.6 Å². The summed E-state index contributed by atoms with van der Waals surface area (Å²) in [6.07, 6.45) is 4.47. The van der Waals surface area contributed by atoms with Gasteiger partial charge in [0.1, 0.15) is 18.1 Å². The van der Waals surface area contributed by atoms with Crippen LogP contribution in [-0.2, 0) is 30.4 Å². The van der Waals surface area contributed by atoms with Gasteiger partial charge in [0.15, 0.2) is 0 Å². The van der Waals surface area contributed by atoms with Gasteiger partial charge in [0.05, 0.1) is 12.4 Å². The average molecular weight is 494 g/mol. The van der Waals surface area contributed by atoms with Crippen LogP contribution in [0.15, 0.2) is 12.5 Å². The largest absolute Gasteiger partial charge is 0.480 e. The van der Waals surface area contributed by atoms with Crippen molar-refractivity contribution in [1.82, 2.24) is 25.5 Å². The number of aromatic nitrogens is 2. The molecule has 5 unspecified atom stereocenters. The molecule has 2 rings (SSSR count). The summed E-state index contributed by atoms with van der Waals surface area (Å²) in [6.45, 7) is 3.95. The molecule has 1 aromatic rings. The fourth-order valence-electron chi connectivity index (χ4n) is 3.99. The van der Waals surface area contributed by atoms with Crippen LogP contribution in [0.4, 0.5) is 0 Å². The van der Waals surface area contributed by atoms with E-state index in [2.05, 4.69) is 20.6 Å². The third-order valence-corrected chi connectivity index (χ3v) is 6.24. The number of H-pyrrole nitrogens is 1. The maximum atomic E-state index is 13.2. The Morgan fingerprint density at radius 2 is 2.00 bits per heavy atom. The third kappa shape index (κ3) is 7.77. The Kier molecular flexibility index (Phi) is 10.2. The number of likely N-dealkylation sites (tertiary alicyclic amines) is 1. The maximum Gasteiger partial charge on any atom is 0.326 e. The molecule has 8 N–H and O–H groups in total. The molecule has 1 saturated heterocycles. The van der Waals surface area contributed by atoms with E-state index < -0.39 is 47.9 Å². The minimum Gasteiger partial charge on any atom is -0.480 e. The van der Waals surface area contributed by atoms with Gasteiger partial charge in [-0.2, -0.15) is 0 Å². The molecule has 0 aliphatic carbocycles. The lowest BCUT2D eigenvalue weighted by molar-refractivity contribution is -0.143. The van der Waals surface area contributed by atoms with Crippen LogP contribution in [0.1, 0.15) is 51.6 Å². The predicted octanol–water partition coefficient (Wildman–Crippen LogP) is -1.36. The first-order valence-corrected chi connectivity index (χ1v) is 11.7. The van der Waals surface area contributed by atoms with E-state index in [0.29, 0.717) is 31.5 Å². The Morgan fingerprint density at radius 1 is 1.29 bits per heavy atom. The number of carbonyl (C=O) groups excluding carboxylic acids is 4. The van der Waals surface area contributed by atoms with Gasteiger partial charge < -0.3 is 37.1 Å². The van der Waals surface area contributed by atoms with Crippen LogP contribution in [0.3, 0.4) is 0 Å². The number of hydrogen-bond donors (Lipinski definition) is 6. The first-order valence-electron chi connectivity index (χ1n) is 11.7. The number of aromatic amines is 1. The number of nitrogens with one attached hydrogen (secondary N) is 3. The molecule has 0 bridgehead atoms. The number of nitrogens with zero attached hydrogens (tertiary/aromatic N) is 2. The SMILES string of the molecule is CCC(C)C(NC(=O)C1CCCN1C(=O)C(N)Cc1cnc[nH]1)C(=O)NC(CCC(N)=O)C(=O)O. The van der Waals surface area contributed by atoms with Crippen molar-refractivity contribution in [2.24, 2.45) is 17.4 Å². The summed E-state index contributed by atoms with van der Waals surface area (Å²) < 4.78 is 0. The first kappa shape index (κ1) is 27.8. The summed E-state index contributed by atoms with van der Waals surface area (Å²) in [4.78, 5) is 69.8. The smallest absolute Gasteiger partial charge is 0.326 e. The molecule has 1 aliphatic heterocycles. The Morgan fingerprint density at radius 3 is 2.57 bits per heavy atom. The van der Waals surface area contributed by atoms with E-state index >= 15 is 0 Å². The van der Waals surface area contributed by atoms with Gasteiger partial charge in [0.25, 0.3) is 0 Å². The maximum absolute atomic E-state index is 13.2. The van der Waals surface area contributed by atoms with Crippen molar-refractivity contribution in [2.45, 2.75) is 76.5 Å². The second-order valence-corrected chi connectivity index (χ2v) is 8.85. The zero-order valence-electron chi connectivity index (χ0n) is 20.0. The van der Waals surface area contributed by atoms with Gasteiger partial charge in [-0.3, -0.25) is 19.2 Å². The molecule has 35 heavy (non-hydrogen) atoms. The third-order valence-electron chi connectivity index (χ3n) is 6.24. The standard InChI is InChI=1S/C22H35N7O6/c1-3-12(2)18(20(32)27-15(22(34)35)6-7-17(24)30)28-19(31)16-5-4-8-29(16)21(33)14(23)9-13-10-25-11-26-13/h10-12,14-16,18H,3-9,23H2,1-2H3,(H2,24,30)(H,25,26)(H,27,32)(H,28,31)(H,34,35). The van der Waals surface area contributed by atoms with Gasteiger partial charge >= 0.3 is 5.97 Å². The number of carboxylic acids is 1. The van der Waals surface area contributed by atoms with Crippen LogP contribution < -0.4 is 22.1 Å². The number of carboxylic acid groups (broad SMARTS) is 1. The lowest BCUT2D eigenvalue weighted by atomic mass is 9.97. The average Bonchev–Trinajstić information content (AvgIpc) is 3.50. The molecule has 13 nitrogen and oxygen atoms in total. The van der Waals surface area contributed by atoms with E-state index in [0.717, 1.165) is 0 Å². The predicted molar refractivity (Wildman–Crippen MR) is 124 cm³/mol. The number of hydrogen-bond acceptors (Lipinski definition) is 7. The van der Waals surface area contributed by atoms with Gasteiger partial charge in [-0.25, -0.2) is 9.78 Å². The fraction of sp³-hybridized carbons (Fsp3) is 0.636. The highest BCUT2D eigenvalue weighted by Crippen LogP contribution is 2.20. The van der Waals surface area contributed by atoms with Crippen LogP contribution in [0, 0.1) is 5.92 Å². The van der Waals surface area contributed by atoms with Crippen LogP contribution in [-0.4, -0.2) is 80.3 Å². The summed E-state index contributed by atoms with van der Waals surface area (Å²) >= 11 is 0. The van der Waals surface area contributed by atoms with Crippen molar-refractivity contribution in [3.8, 4) is 0 Å². The van der Waals surface area contributed by atoms with Gasteiger partial charge in [-0.05, 0) is 25.2 Å². The van der Waals surface area contributed by atoms with E-state index in [1.807, 2.05) is 6.92 Å². The topological polar surface area (TPSA) is 214 Å². The second-order valence-electron chi connectivity index (χ2n) is 8.85. The number of primary amides is 1. The summed E-state index contributed by atoms with van der Waals surface area (Å²) in [7, 11) is 0. The van der Waals surface area contributed by atoms with Crippen LogP contribution in [0.2, 0.25) is 0 Å². The highest BCUT2D eigenvalue weighted by Gasteiger charge is 2.38. The van der Waals surface area contributed by atoms with Crippen molar-refractivity contribution < 1.29 is 29.1 Å². The molecular weight excluding hydrogens is 458 g/mol. The molecule has 2 heterocycles. The van der Waals surface area contributed by atoms with Gasteiger partial charge in [-0.15, -0.1) is 0 Å². The minimum atomic E-state index is -1.33. The molecule has 1 fully saturated rings. The molecule has 4 amide bonds. The number of nitrogens with two attached hydrogens (primary N) is 2. The highest BCUT2D eigenvalue weighted by atomic mass is 16.4. The monoisotopic (exact) mass is 493 g/mol. The van der Waals surface area contributed by atoms with E-state index in [9.17, 15) is 29.1 Å². The number of carbonyl (C=O) groups is 5. The number of imidazole rings is 1. The second kappa shape index (κ2) is 12.8. The van der Waals surface area contributed by atoms with Crippen LogP contribution in [0.25, 0.3) is 0 Å². The molecular formula is C22H35N7O6. The normalized spacial score (nSPS) is 18.8.